The molecule has 4 heteroatoms. The van der Waals surface area contributed by atoms with Crippen LogP contribution in [0.4, 0.5) is 0 Å². The molecule has 3 nitrogen and oxygen atoms in total. The molecule has 1 aliphatic heterocycles. The third-order valence-electron chi connectivity index (χ3n) is 2.58. The van der Waals surface area contributed by atoms with Crippen molar-refractivity contribution in [2.75, 3.05) is 13.7 Å². The fraction of sp³-hybridized carbons (Fsp3) is 0.417. The Balaban J connectivity index is 1.82. The molecule has 0 aliphatic carbocycles. The summed E-state index contributed by atoms with van der Waals surface area (Å²) >= 11 is 1.83. The molecular formula is C12H15NO2S. The zero-order valence-corrected chi connectivity index (χ0v) is 10.0. The van der Waals surface area contributed by atoms with E-state index in [1.807, 2.05) is 23.9 Å². The zero-order chi connectivity index (χ0) is 11.4. The molecule has 0 bridgehead atoms. The second-order valence-corrected chi connectivity index (χ2v) is 5.08. The van der Waals surface area contributed by atoms with E-state index in [0.29, 0.717) is 11.7 Å². The molecule has 16 heavy (non-hydrogen) atoms. The molecule has 1 aromatic rings. The van der Waals surface area contributed by atoms with Crippen LogP contribution in [0, 0.1) is 0 Å². The zero-order valence-electron chi connectivity index (χ0n) is 9.23. The van der Waals surface area contributed by atoms with Crippen molar-refractivity contribution in [1.29, 1.82) is 0 Å². The predicted octanol–water partition coefficient (Wildman–Crippen LogP) is 1.82. The lowest BCUT2D eigenvalue weighted by Crippen LogP contribution is -2.14. The number of hydrogen-bond donors (Lipinski definition) is 1. The van der Waals surface area contributed by atoms with Gasteiger partial charge in [-0.1, -0.05) is 12.1 Å². The van der Waals surface area contributed by atoms with Gasteiger partial charge >= 0.3 is 0 Å². The minimum absolute atomic E-state index is 0.173. The summed E-state index contributed by atoms with van der Waals surface area (Å²) < 4.78 is 5.10. The summed E-state index contributed by atoms with van der Waals surface area (Å²) in [4.78, 5) is 11.0. The van der Waals surface area contributed by atoms with Crippen LogP contribution in [0.2, 0.25) is 0 Å². The molecular weight excluding hydrogens is 222 g/mol. The number of nitrogens with one attached hydrogen (secondary N) is 1. The van der Waals surface area contributed by atoms with Crippen LogP contribution in [-0.2, 0) is 10.5 Å². The van der Waals surface area contributed by atoms with Gasteiger partial charge in [0.15, 0.2) is 0 Å². The number of benzene rings is 1. The molecule has 2 rings (SSSR count). The van der Waals surface area contributed by atoms with E-state index in [-0.39, 0.29) is 5.91 Å². The topological polar surface area (TPSA) is 38.3 Å². The average Bonchev–Trinajstić information content (AvgIpc) is 2.73. The molecule has 0 radical (unpaired) electrons. The molecule has 0 aromatic heterocycles. The molecule has 1 heterocycles. The second-order valence-electron chi connectivity index (χ2n) is 3.79. The number of rotatable bonds is 4. The van der Waals surface area contributed by atoms with Gasteiger partial charge in [0.2, 0.25) is 5.91 Å². The van der Waals surface area contributed by atoms with Gasteiger partial charge in [-0.2, -0.15) is 11.8 Å². The number of ether oxygens (including phenoxy) is 1. The van der Waals surface area contributed by atoms with Gasteiger partial charge in [0.1, 0.15) is 5.75 Å². The number of amides is 1. The fourth-order valence-corrected chi connectivity index (χ4v) is 2.72. The Labute approximate surface area is 99.6 Å². The van der Waals surface area contributed by atoms with E-state index >= 15 is 0 Å². The minimum Gasteiger partial charge on any atom is -0.497 e. The first-order valence-electron chi connectivity index (χ1n) is 5.29. The molecule has 0 saturated carbocycles. The Morgan fingerprint density at radius 1 is 1.44 bits per heavy atom. The molecule has 1 fully saturated rings. The van der Waals surface area contributed by atoms with Crippen LogP contribution < -0.4 is 10.1 Å². The van der Waals surface area contributed by atoms with Crippen molar-refractivity contribution < 1.29 is 9.53 Å². The van der Waals surface area contributed by atoms with E-state index in [1.165, 1.54) is 5.56 Å². The van der Waals surface area contributed by atoms with Crippen LogP contribution in [0.1, 0.15) is 12.0 Å². The Kier molecular flexibility index (Phi) is 3.72. The highest BCUT2D eigenvalue weighted by Crippen LogP contribution is 2.23. The van der Waals surface area contributed by atoms with Crippen LogP contribution in [0.25, 0.3) is 0 Å². The number of carbonyl (C=O) groups excluding carboxylic acids is 1. The van der Waals surface area contributed by atoms with E-state index in [4.69, 9.17) is 4.74 Å². The van der Waals surface area contributed by atoms with Crippen LogP contribution in [-0.4, -0.2) is 24.8 Å². The summed E-state index contributed by atoms with van der Waals surface area (Å²) in [5.41, 5.74) is 1.27. The van der Waals surface area contributed by atoms with Gasteiger partial charge in [0, 0.05) is 24.0 Å². The van der Waals surface area contributed by atoms with Crippen molar-refractivity contribution in [1.82, 2.24) is 5.32 Å². The first-order valence-corrected chi connectivity index (χ1v) is 6.34. The normalized spacial score (nSPS) is 19.6. The van der Waals surface area contributed by atoms with Crippen molar-refractivity contribution in [3.05, 3.63) is 29.8 Å². The molecule has 1 atom stereocenters. The van der Waals surface area contributed by atoms with Gasteiger partial charge in [-0.3, -0.25) is 4.79 Å². The van der Waals surface area contributed by atoms with Crippen LogP contribution >= 0.6 is 11.8 Å². The number of methoxy groups -OCH3 is 1. The van der Waals surface area contributed by atoms with Gasteiger partial charge in [0.05, 0.1) is 7.11 Å². The van der Waals surface area contributed by atoms with Gasteiger partial charge < -0.3 is 10.1 Å². The van der Waals surface area contributed by atoms with Crippen LogP contribution in [0.15, 0.2) is 24.3 Å². The highest BCUT2D eigenvalue weighted by Gasteiger charge is 2.21. The maximum absolute atomic E-state index is 11.0. The molecule has 1 N–H and O–H groups in total. The van der Waals surface area contributed by atoms with Crippen LogP contribution in [0.3, 0.4) is 0 Å². The highest BCUT2D eigenvalue weighted by molar-refractivity contribution is 7.99. The summed E-state index contributed by atoms with van der Waals surface area (Å²) in [6.45, 7) is 0.805. The lowest BCUT2D eigenvalue weighted by atomic mass is 10.2. The molecule has 1 saturated heterocycles. The summed E-state index contributed by atoms with van der Waals surface area (Å²) in [5, 5.41) is 3.27. The Morgan fingerprint density at radius 3 is 2.75 bits per heavy atom. The van der Waals surface area contributed by atoms with Crippen LogP contribution in [0.5, 0.6) is 5.75 Å². The summed E-state index contributed by atoms with van der Waals surface area (Å²) in [6, 6.07) is 8.06. The van der Waals surface area contributed by atoms with Gasteiger partial charge in [-0.05, 0) is 17.7 Å². The summed E-state index contributed by atoms with van der Waals surface area (Å²) in [5.74, 6) is 2.00. The Bertz CT molecular complexity index is 364. The van der Waals surface area contributed by atoms with E-state index in [9.17, 15) is 4.79 Å². The molecule has 0 spiro atoms. The maximum atomic E-state index is 11.0. The fourth-order valence-electron chi connectivity index (χ4n) is 1.63. The Morgan fingerprint density at radius 2 is 2.19 bits per heavy atom. The summed E-state index contributed by atoms with van der Waals surface area (Å²) in [6.07, 6.45) is 0.654. The number of hydrogen-bond acceptors (Lipinski definition) is 3. The van der Waals surface area contributed by atoms with E-state index in [2.05, 4.69) is 17.4 Å². The SMILES string of the molecule is COc1ccc(CS[C@H]2CNC(=O)C2)cc1. The van der Waals surface area contributed by atoms with Gasteiger partial charge in [0.25, 0.3) is 0 Å². The molecule has 1 aromatic carbocycles. The lowest BCUT2D eigenvalue weighted by Gasteiger charge is -2.07. The van der Waals surface area contributed by atoms with Gasteiger partial charge in [-0.15, -0.1) is 0 Å². The van der Waals surface area contributed by atoms with Crippen molar-refractivity contribution in [2.45, 2.75) is 17.4 Å². The standard InChI is InChI=1S/C12H15NO2S/c1-15-10-4-2-9(3-5-10)8-16-11-6-12(14)13-7-11/h2-5,11H,6-8H2,1H3,(H,13,14)/t11-/m1/s1. The first kappa shape index (κ1) is 11.3. The molecule has 1 aliphatic rings. The highest BCUT2D eigenvalue weighted by atomic mass is 32.2. The molecule has 0 unspecified atom stereocenters. The predicted molar refractivity (Wildman–Crippen MR) is 65.7 cm³/mol. The van der Waals surface area contributed by atoms with E-state index in [1.54, 1.807) is 7.11 Å². The quantitative estimate of drug-likeness (QED) is 0.868. The van der Waals surface area contributed by atoms with Crippen molar-refractivity contribution >= 4 is 17.7 Å². The lowest BCUT2D eigenvalue weighted by molar-refractivity contribution is -0.119. The monoisotopic (exact) mass is 237 g/mol. The number of carbonyl (C=O) groups is 1. The molecule has 86 valence electrons. The van der Waals surface area contributed by atoms with Crippen molar-refractivity contribution in [3.63, 3.8) is 0 Å². The molecule has 1 amide bonds. The third kappa shape index (κ3) is 2.92. The Hall–Kier alpha value is -1.16. The number of thioether (sulfide) groups is 1. The van der Waals surface area contributed by atoms with Crippen molar-refractivity contribution in [3.8, 4) is 5.75 Å². The van der Waals surface area contributed by atoms with E-state index < -0.39 is 0 Å². The van der Waals surface area contributed by atoms with Gasteiger partial charge in [-0.25, -0.2) is 0 Å². The van der Waals surface area contributed by atoms with E-state index in [0.717, 1.165) is 18.0 Å². The summed E-state index contributed by atoms with van der Waals surface area (Å²) in [7, 11) is 1.67. The maximum Gasteiger partial charge on any atom is 0.221 e. The first-order chi connectivity index (χ1) is 7.78. The third-order valence-corrected chi connectivity index (χ3v) is 3.89. The average molecular weight is 237 g/mol. The minimum atomic E-state index is 0.173. The largest absolute Gasteiger partial charge is 0.497 e. The smallest absolute Gasteiger partial charge is 0.221 e. The second kappa shape index (κ2) is 5.25. The van der Waals surface area contributed by atoms with Crippen molar-refractivity contribution in [2.24, 2.45) is 0 Å².